The smallest absolute Gasteiger partial charge is 0.320 e. The van der Waals surface area contributed by atoms with Crippen LogP contribution < -0.4 is 10.6 Å². The van der Waals surface area contributed by atoms with E-state index in [9.17, 15) is 14.4 Å². The largest absolute Gasteiger partial charge is 0.381 e. The van der Waals surface area contributed by atoms with E-state index in [1.54, 1.807) is 0 Å². The Bertz CT molecular complexity index is 1070. The minimum Gasteiger partial charge on any atom is -0.381 e. The second-order valence-corrected chi connectivity index (χ2v) is 13.0. The number of fused-ring (bicyclic) bond motifs is 2. The third-order valence-electron chi connectivity index (χ3n) is 10.0. The first-order valence-electron chi connectivity index (χ1n) is 15.4. The van der Waals surface area contributed by atoms with E-state index in [1.807, 2.05) is 18.2 Å². The number of benzene rings is 1. The van der Waals surface area contributed by atoms with Crippen LogP contribution in [0, 0.1) is 5.92 Å². The Labute approximate surface area is 238 Å². The maximum atomic E-state index is 13.7. The van der Waals surface area contributed by atoms with Gasteiger partial charge in [-0.05, 0) is 70.3 Å². The lowest BCUT2D eigenvalue weighted by Gasteiger charge is -2.49. The first-order valence-corrected chi connectivity index (χ1v) is 15.4. The minimum atomic E-state index is -0.421. The van der Waals surface area contributed by atoms with Gasteiger partial charge in [-0.15, -0.1) is 0 Å². The molecule has 5 saturated heterocycles. The predicted molar refractivity (Wildman–Crippen MR) is 151 cm³/mol. The number of carbonyl (C=O) groups is 3. The first-order chi connectivity index (χ1) is 19.3. The highest BCUT2D eigenvalue weighted by Gasteiger charge is 2.57. The standard InChI is InChI=1S/C31H45N5O4/c1-21(2)36-30(39)34(19-22-11-14-40-15-12-22)20-31(36)17-24-8-9-25(18-31)35(24)13-10-26(23-6-4-3-5-7-23)33-29(38)27-16-28(37)32-27/h3-7,21-22,24-27H,8-20H2,1-2H3,(H,32,37)(H,33,38)/t24?,25?,26-,27-,31?/m0/s1. The third-order valence-corrected chi connectivity index (χ3v) is 10.0. The average molecular weight is 552 g/mol. The van der Waals surface area contributed by atoms with Gasteiger partial charge in [-0.1, -0.05) is 30.3 Å². The number of nitrogens with zero attached hydrogens (tertiary/aromatic N) is 3. The summed E-state index contributed by atoms with van der Waals surface area (Å²) in [7, 11) is 0. The Kier molecular flexibility index (Phi) is 7.79. The van der Waals surface area contributed by atoms with Crippen molar-refractivity contribution in [3.05, 3.63) is 35.9 Å². The summed E-state index contributed by atoms with van der Waals surface area (Å²) < 4.78 is 5.56. The van der Waals surface area contributed by atoms with Crippen LogP contribution in [0.1, 0.15) is 76.8 Å². The highest BCUT2D eigenvalue weighted by atomic mass is 16.5. The van der Waals surface area contributed by atoms with E-state index in [0.717, 1.165) is 70.5 Å². The lowest BCUT2D eigenvalue weighted by Crippen LogP contribution is -2.60. The molecule has 0 aromatic heterocycles. The summed E-state index contributed by atoms with van der Waals surface area (Å²) in [5.74, 6) is 0.370. The summed E-state index contributed by atoms with van der Waals surface area (Å²) in [5, 5.41) is 5.92. The predicted octanol–water partition coefficient (Wildman–Crippen LogP) is 3.06. The van der Waals surface area contributed by atoms with Crippen molar-refractivity contribution >= 4 is 17.8 Å². The molecule has 9 nitrogen and oxygen atoms in total. The molecule has 5 fully saturated rings. The second kappa shape index (κ2) is 11.3. The third kappa shape index (κ3) is 5.34. The van der Waals surface area contributed by atoms with Gasteiger partial charge in [0.05, 0.1) is 18.0 Å². The lowest BCUT2D eigenvalue weighted by atomic mass is 9.81. The summed E-state index contributed by atoms with van der Waals surface area (Å²) >= 11 is 0. The number of β-lactam (4-membered cyclic amide) rings is 1. The molecule has 40 heavy (non-hydrogen) atoms. The molecule has 0 radical (unpaired) electrons. The molecule has 218 valence electrons. The SMILES string of the molecule is CC(C)N1C(=O)N(CC2CCOCC2)CC12CC1CCC(C2)N1CC[C@H](NC(=O)[C@@H]1CC(=O)N1)c1ccccc1. The zero-order chi connectivity index (χ0) is 27.9. The van der Waals surface area contributed by atoms with Crippen LogP contribution in [-0.4, -0.2) is 95.1 Å². The molecule has 1 aromatic rings. The first kappa shape index (κ1) is 27.5. The molecule has 5 aliphatic rings. The molecular formula is C31H45N5O4. The molecular weight excluding hydrogens is 506 g/mol. The van der Waals surface area contributed by atoms with Crippen molar-refractivity contribution in [1.29, 1.82) is 0 Å². The molecule has 5 heterocycles. The van der Waals surface area contributed by atoms with E-state index < -0.39 is 6.04 Å². The molecule has 2 N–H and O–H groups in total. The van der Waals surface area contributed by atoms with Gasteiger partial charge in [-0.25, -0.2) is 4.79 Å². The molecule has 0 saturated carbocycles. The van der Waals surface area contributed by atoms with E-state index in [4.69, 9.17) is 4.74 Å². The van der Waals surface area contributed by atoms with E-state index >= 15 is 0 Å². The van der Waals surface area contributed by atoms with Crippen molar-refractivity contribution in [2.24, 2.45) is 5.92 Å². The Morgan fingerprint density at radius 3 is 2.38 bits per heavy atom. The summed E-state index contributed by atoms with van der Waals surface area (Å²) in [5.41, 5.74) is 1.01. The van der Waals surface area contributed by atoms with Crippen LogP contribution >= 0.6 is 0 Å². The molecule has 0 aliphatic carbocycles. The maximum Gasteiger partial charge on any atom is 0.320 e. The number of rotatable bonds is 9. The second-order valence-electron chi connectivity index (χ2n) is 13.0. The Morgan fingerprint density at radius 2 is 1.75 bits per heavy atom. The lowest BCUT2D eigenvalue weighted by molar-refractivity contribution is -0.137. The van der Waals surface area contributed by atoms with E-state index in [-0.39, 0.29) is 41.9 Å². The fourth-order valence-electron chi connectivity index (χ4n) is 8.19. The average Bonchev–Trinajstić information content (AvgIpc) is 3.33. The summed E-state index contributed by atoms with van der Waals surface area (Å²) in [6.07, 6.45) is 7.56. The summed E-state index contributed by atoms with van der Waals surface area (Å²) in [6.45, 7) is 8.57. The van der Waals surface area contributed by atoms with Crippen molar-refractivity contribution in [2.75, 3.05) is 32.8 Å². The van der Waals surface area contributed by atoms with Crippen LogP contribution in [0.15, 0.2) is 30.3 Å². The van der Waals surface area contributed by atoms with Crippen LogP contribution in [0.4, 0.5) is 4.79 Å². The topological polar surface area (TPSA) is 94.2 Å². The number of hydrogen-bond acceptors (Lipinski definition) is 5. The number of piperidine rings is 1. The summed E-state index contributed by atoms with van der Waals surface area (Å²) in [4.78, 5) is 45.0. The van der Waals surface area contributed by atoms with Gasteiger partial charge < -0.3 is 25.2 Å². The number of hydrogen-bond donors (Lipinski definition) is 2. The number of amides is 4. The summed E-state index contributed by atoms with van der Waals surface area (Å²) in [6, 6.07) is 11.0. The normalized spacial score (nSPS) is 31.5. The molecule has 1 aromatic carbocycles. The number of carbonyl (C=O) groups excluding carboxylic acids is 3. The zero-order valence-electron chi connectivity index (χ0n) is 24.0. The van der Waals surface area contributed by atoms with Crippen LogP contribution in [-0.2, 0) is 14.3 Å². The van der Waals surface area contributed by atoms with Crippen molar-refractivity contribution in [2.45, 2.75) is 101 Å². The van der Waals surface area contributed by atoms with Gasteiger partial charge in [0.1, 0.15) is 6.04 Å². The van der Waals surface area contributed by atoms with Crippen LogP contribution in [0.2, 0.25) is 0 Å². The molecule has 4 atom stereocenters. The molecule has 4 amide bonds. The van der Waals surface area contributed by atoms with E-state index in [0.29, 0.717) is 18.0 Å². The maximum absolute atomic E-state index is 13.7. The van der Waals surface area contributed by atoms with Gasteiger partial charge in [0.15, 0.2) is 0 Å². The van der Waals surface area contributed by atoms with Gasteiger partial charge in [-0.2, -0.15) is 0 Å². The van der Waals surface area contributed by atoms with Gasteiger partial charge in [0.25, 0.3) is 0 Å². The number of urea groups is 1. The fraction of sp³-hybridized carbons (Fsp3) is 0.710. The number of nitrogens with one attached hydrogen (secondary N) is 2. The molecule has 1 spiro atoms. The molecule has 2 unspecified atom stereocenters. The van der Waals surface area contributed by atoms with Crippen LogP contribution in [0.25, 0.3) is 0 Å². The van der Waals surface area contributed by atoms with E-state index in [1.165, 1.54) is 12.8 Å². The Morgan fingerprint density at radius 1 is 1.07 bits per heavy atom. The van der Waals surface area contributed by atoms with E-state index in [2.05, 4.69) is 51.3 Å². The molecule has 5 aliphatic heterocycles. The highest BCUT2D eigenvalue weighted by Crippen LogP contribution is 2.48. The van der Waals surface area contributed by atoms with Crippen LogP contribution in [0.3, 0.4) is 0 Å². The Hall–Kier alpha value is -2.65. The van der Waals surface area contributed by atoms with Gasteiger partial charge in [-0.3, -0.25) is 14.5 Å². The number of ether oxygens (including phenoxy) is 1. The monoisotopic (exact) mass is 551 g/mol. The van der Waals surface area contributed by atoms with Crippen molar-refractivity contribution < 1.29 is 19.1 Å². The molecule has 9 heteroatoms. The fourth-order valence-corrected chi connectivity index (χ4v) is 8.19. The van der Waals surface area contributed by atoms with Crippen molar-refractivity contribution in [1.82, 2.24) is 25.3 Å². The highest BCUT2D eigenvalue weighted by molar-refractivity contribution is 5.97. The van der Waals surface area contributed by atoms with Crippen LogP contribution in [0.5, 0.6) is 0 Å². The van der Waals surface area contributed by atoms with Crippen molar-refractivity contribution in [3.63, 3.8) is 0 Å². The zero-order valence-corrected chi connectivity index (χ0v) is 24.0. The quantitative estimate of drug-likeness (QED) is 0.460. The molecule has 6 rings (SSSR count). The minimum absolute atomic E-state index is 0.0672. The van der Waals surface area contributed by atoms with Gasteiger partial charge in [0, 0.05) is 51.0 Å². The van der Waals surface area contributed by atoms with Crippen molar-refractivity contribution in [3.8, 4) is 0 Å². The molecule has 2 bridgehead atoms. The van der Waals surface area contributed by atoms with Gasteiger partial charge in [0.2, 0.25) is 11.8 Å². The Balaban J connectivity index is 1.13. The van der Waals surface area contributed by atoms with Gasteiger partial charge >= 0.3 is 6.03 Å².